The van der Waals surface area contributed by atoms with Gasteiger partial charge in [0.05, 0.1) is 6.10 Å². The Balaban J connectivity index is 2.02. The van der Waals surface area contributed by atoms with E-state index >= 15 is 0 Å². The van der Waals surface area contributed by atoms with E-state index in [2.05, 4.69) is 0 Å². The zero-order chi connectivity index (χ0) is 14.9. The first-order valence-electron chi connectivity index (χ1n) is 7.36. The summed E-state index contributed by atoms with van der Waals surface area (Å²) < 4.78 is 0. The standard InChI is InChI=1S/C14H24N2O4/c1-9-3-6-16(12(7-9)13(18)19)14(20)15-5-4-11(8-15)10(2)17/h9-12,17H,3-8H2,1-2H3,(H,18,19). The Morgan fingerprint density at radius 3 is 2.50 bits per heavy atom. The van der Waals surface area contributed by atoms with Gasteiger partial charge in [-0.2, -0.15) is 0 Å². The third kappa shape index (κ3) is 3.06. The number of rotatable bonds is 2. The van der Waals surface area contributed by atoms with Crippen molar-refractivity contribution in [1.29, 1.82) is 0 Å². The molecule has 2 fully saturated rings. The van der Waals surface area contributed by atoms with Gasteiger partial charge in [-0.1, -0.05) is 6.92 Å². The number of aliphatic carboxylic acids is 1. The second-order valence-corrected chi connectivity index (χ2v) is 6.19. The minimum atomic E-state index is -0.920. The molecular formula is C14H24N2O4. The van der Waals surface area contributed by atoms with E-state index in [0.29, 0.717) is 32.0 Å². The summed E-state index contributed by atoms with van der Waals surface area (Å²) in [7, 11) is 0. The van der Waals surface area contributed by atoms with Crippen LogP contribution in [0.25, 0.3) is 0 Å². The summed E-state index contributed by atoms with van der Waals surface area (Å²) in [5.41, 5.74) is 0. The van der Waals surface area contributed by atoms with Crippen LogP contribution < -0.4 is 0 Å². The van der Waals surface area contributed by atoms with Gasteiger partial charge in [0.1, 0.15) is 6.04 Å². The first-order valence-corrected chi connectivity index (χ1v) is 7.36. The molecule has 0 radical (unpaired) electrons. The number of hydrogen-bond acceptors (Lipinski definition) is 3. The van der Waals surface area contributed by atoms with Crippen molar-refractivity contribution < 1.29 is 19.8 Å². The van der Waals surface area contributed by atoms with Crippen LogP contribution in [0.5, 0.6) is 0 Å². The Bertz CT molecular complexity index is 385. The fourth-order valence-electron chi connectivity index (χ4n) is 3.14. The number of urea groups is 1. The highest BCUT2D eigenvalue weighted by atomic mass is 16.4. The van der Waals surface area contributed by atoms with Crippen molar-refractivity contribution in [2.24, 2.45) is 11.8 Å². The van der Waals surface area contributed by atoms with Crippen LogP contribution in [0.2, 0.25) is 0 Å². The molecule has 4 unspecified atom stereocenters. The molecule has 114 valence electrons. The molecule has 4 atom stereocenters. The third-order valence-corrected chi connectivity index (χ3v) is 4.57. The predicted octanol–water partition coefficient (Wildman–Crippen LogP) is 0.994. The van der Waals surface area contributed by atoms with Crippen molar-refractivity contribution in [2.75, 3.05) is 19.6 Å². The molecule has 2 aliphatic rings. The molecule has 6 nitrogen and oxygen atoms in total. The lowest BCUT2D eigenvalue weighted by atomic mass is 9.92. The molecule has 0 aromatic carbocycles. The van der Waals surface area contributed by atoms with Crippen molar-refractivity contribution in [3.8, 4) is 0 Å². The van der Waals surface area contributed by atoms with Crippen LogP contribution in [-0.4, -0.2) is 63.8 Å². The number of aliphatic hydroxyl groups excluding tert-OH is 1. The number of nitrogens with zero attached hydrogens (tertiary/aromatic N) is 2. The van der Waals surface area contributed by atoms with Gasteiger partial charge < -0.3 is 20.0 Å². The fourth-order valence-corrected chi connectivity index (χ4v) is 3.14. The Morgan fingerprint density at radius 2 is 1.95 bits per heavy atom. The maximum atomic E-state index is 12.5. The second kappa shape index (κ2) is 5.99. The molecule has 2 rings (SSSR count). The number of amides is 2. The Hall–Kier alpha value is -1.30. The molecule has 0 bridgehead atoms. The van der Waals surface area contributed by atoms with Gasteiger partial charge in [0.2, 0.25) is 0 Å². The summed E-state index contributed by atoms with van der Waals surface area (Å²) in [6.07, 6.45) is 1.73. The van der Waals surface area contributed by atoms with E-state index in [-0.39, 0.29) is 11.9 Å². The van der Waals surface area contributed by atoms with Crippen molar-refractivity contribution in [1.82, 2.24) is 9.80 Å². The molecule has 0 aromatic heterocycles. The van der Waals surface area contributed by atoms with E-state index in [9.17, 15) is 19.8 Å². The maximum absolute atomic E-state index is 12.5. The number of likely N-dealkylation sites (tertiary alicyclic amines) is 2. The van der Waals surface area contributed by atoms with Crippen molar-refractivity contribution >= 4 is 12.0 Å². The minimum absolute atomic E-state index is 0.103. The van der Waals surface area contributed by atoms with Crippen LogP contribution >= 0.6 is 0 Å². The van der Waals surface area contributed by atoms with Gasteiger partial charge >= 0.3 is 12.0 Å². The largest absolute Gasteiger partial charge is 0.480 e. The smallest absolute Gasteiger partial charge is 0.326 e. The summed E-state index contributed by atoms with van der Waals surface area (Å²) in [4.78, 5) is 27.0. The number of hydrogen-bond donors (Lipinski definition) is 2. The molecule has 6 heteroatoms. The van der Waals surface area contributed by atoms with E-state index in [1.807, 2.05) is 6.92 Å². The molecule has 2 amide bonds. The molecule has 2 saturated heterocycles. The first-order chi connectivity index (χ1) is 9.40. The van der Waals surface area contributed by atoms with Gasteiger partial charge in [0.15, 0.2) is 0 Å². The Kier molecular flexibility index (Phi) is 4.52. The lowest BCUT2D eigenvalue weighted by Gasteiger charge is -2.38. The van der Waals surface area contributed by atoms with E-state index in [1.165, 1.54) is 4.90 Å². The number of aliphatic hydroxyl groups is 1. The van der Waals surface area contributed by atoms with Crippen LogP contribution in [0.4, 0.5) is 4.79 Å². The third-order valence-electron chi connectivity index (χ3n) is 4.57. The Morgan fingerprint density at radius 1 is 1.25 bits per heavy atom. The quantitative estimate of drug-likeness (QED) is 0.792. The second-order valence-electron chi connectivity index (χ2n) is 6.19. The van der Waals surface area contributed by atoms with Crippen molar-refractivity contribution in [3.05, 3.63) is 0 Å². The average molecular weight is 284 g/mol. The van der Waals surface area contributed by atoms with Crippen LogP contribution in [0.15, 0.2) is 0 Å². The van der Waals surface area contributed by atoms with Gasteiger partial charge in [0.25, 0.3) is 0 Å². The topological polar surface area (TPSA) is 81.1 Å². The first kappa shape index (κ1) is 15.1. The van der Waals surface area contributed by atoms with Gasteiger partial charge in [-0.15, -0.1) is 0 Å². The fraction of sp³-hybridized carbons (Fsp3) is 0.857. The van der Waals surface area contributed by atoms with Crippen molar-refractivity contribution in [3.63, 3.8) is 0 Å². The highest BCUT2D eigenvalue weighted by molar-refractivity contribution is 5.83. The van der Waals surface area contributed by atoms with E-state index in [0.717, 1.165) is 12.8 Å². The van der Waals surface area contributed by atoms with E-state index < -0.39 is 18.1 Å². The monoisotopic (exact) mass is 284 g/mol. The normalized spacial score (nSPS) is 32.2. The SMILES string of the molecule is CC1CCN(C(=O)N2CCC(C(C)O)C2)C(C(=O)O)C1. The summed E-state index contributed by atoms with van der Waals surface area (Å²) in [6, 6.07) is -0.899. The molecular weight excluding hydrogens is 260 g/mol. The van der Waals surface area contributed by atoms with E-state index in [1.54, 1.807) is 11.8 Å². The highest BCUT2D eigenvalue weighted by Gasteiger charge is 2.39. The van der Waals surface area contributed by atoms with Gasteiger partial charge in [-0.3, -0.25) is 0 Å². The number of carboxylic acid groups (broad SMARTS) is 1. The lowest BCUT2D eigenvalue weighted by Crippen LogP contribution is -2.54. The number of carboxylic acids is 1. The maximum Gasteiger partial charge on any atom is 0.326 e. The lowest BCUT2D eigenvalue weighted by molar-refractivity contribution is -0.144. The summed E-state index contributed by atoms with van der Waals surface area (Å²) >= 11 is 0. The van der Waals surface area contributed by atoms with Crippen LogP contribution in [0, 0.1) is 11.8 Å². The molecule has 0 spiro atoms. The number of carbonyl (C=O) groups excluding carboxylic acids is 1. The highest BCUT2D eigenvalue weighted by Crippen LogP contribution is 2.26. The molecule has 0 aliphatic carbocycles. The van der Waals surface area contributed by atoms with Crippen LogP contribution in [-0.2, 0) is 4.79 Å². The molecule has 0 aromatic rings. The molecule has 0 saturated carbocycles. The average Bonchev–Trinajstić information content (AvgIpc) is 2.87. The van der Waals surface area contributed by atoms with Gasteiger partial charge in [-0.25, -0.2) is 9.59 Å². The van der Waals surface area contributed by atoms with Crippen LogP contribution in [0.3, 0.4) is 0 Å². The number of carbonyl (C=O) groups is 2. The van der Waals surface area contributed by atoms with Crippen LogP contribution in [0.1, 0.15) is 33.1 Å². The molecule has 2 heterocycles. The van der Waals surface area contributed by atoms with Gasteiger partial charge in [-0.05, 0) is 32.1 Å². The summed E-state index contributed by atoms with van der Waals surface area (Å²) in [5, 5.41) is 18.9. The predicted molar refractivity (Wildman–Crippen MR) is 73.3 cm³/mol. The van der Waals surface area contributed by atoms with Crippen molar-refractivity contribution in [2.45, 2.75) is 45.3 Å². The summed E-state index contributed by atoms with van der Waals surface area (Å²) in [5.74, 6) is -0.481. The van der Waals surface area contributed by atoms with E-state index in [4.69, 9.17) is 0 Å². The minimum Gasteiger partial charge on any atom is -0.480 e. The Labute approximate surface area is 119 Å². The molecule has 2 aliphatic heterocycles. The summed E-state index contributed by atoms with van der Waals surface area (Å²) in [6.45, 7) is 5.40. The molecule has 20 heavy (non-hydrogen) atoms. The zero-order valence-electron chi connectivity index (χ0n) is 12.2. The molecule has 2 N–H and O–H groups in total. The number of piperidine rings is 1. The van der Waals surface area contributed by atoms with Gasteiger partial charge in [0, 0.05) is 25.6 Å². The zero-order valence-corrected chi connectivity index (χ0v) is 12.2.